The van der Waals surface area contributed by atoms with E-state index in [1.165, 1.54) is 0 Å². The molecule has 5 atom stereocenters. The summed E-state index contributed by atoms with van der Waals surface area (Å²) in [6.07, 6.45) is -13.1. The van der Waals surface area contributed by atoms with Crippen molar-refractivity contribution in [2.75, 3.05) is 6.61 Å². The van der Waals surface area contributed by atoms with Gasteiger partial charge in [-0.05, 0) is 60.7 Å². The smallest absolute Gasteiger partial charge is 0.343 e. The SMILES string of the molecule is O=C(Oc1cc(C(=O)Oc2cc(C(=O)O[C@@H]3O[C@@H]4COC(=O)c5cc(O)c(O)c(O)c5-c5c(cc(O)c(O)c5O)C(=O)O[C@@H]5[C@H]3OC(=O)c3cc(O)c(O)c(O)c3-c3c(cc(O)c(O)c3O)C(=O)O[C@@H]54)cc(O)c2O)cc(O)c1O)c1cc(O)c(O)c(O)c1. The molecule has 0 radical (unpaired) electrons. The van der Waals surface area contributed by atoms with Gasteiger partial charge in [-0.3, -0.25) is 0 Å². The Kier molecular flexibility index (Phi) is 14.3. The number of carbonyl (C=O) groups excluding carboxylic acids is 7. The van der Waals surface area contributed by atoms with Crippen LogP contribution in [0, 0.1) is 0 Å². The zero-order chi connectivity index (χ0) is 64.8. The van der Waals surface area contributed by atoms with Crippen LogP contribution in [0.25, 0.3) is 22.3 Å². The summed E-state index contributed by atoms with van der Waals surface area (Å²) in [4.78, 5) is 99.6. The highest BCUT2D eigenvalue weighted by molar-refractivity contribution is 6.10. The van der Waals surface area contributed by atoms with E-state index in [9.17, 15) is 131 Å². The van der Waals surface area contributed by atoms with Crippen molar-refractivity contribution in [1.82, 2.24) is 0 Å². The van der Waals surface area contributed by atoms with Crippen molar-refractivity contribution in [3.63, 3.8) is 0 Å². The molecule has 1 saturated heterocycles. The van der Waals surface area contributed by atoms with Crippen LogP contribution < -0.4 is 9.47 Å². The number of carbonyl (C=O) groups is 7. The van der Waals surface area contributed by atoms with E-state index in [4.69, 9.17) is 37.9 Å². The molecule has 89 heavy (non-hydrogen) atoms. The van der Waals surface area contributed by atoms with E-state index in [2.05, 4.69) is 0 Å². The molecule has 3 aliphatic heterocycles. The lowest BCUT2D eigenvalue weighted by molar-refractivity contribution is -0.282. The molecule has 0 spiro atoms. The largest absolute Gasteiger partial charge is 0.504 e. The number of fused-ring (bicyclic) bond motifs is 6. The molecule has 1 fully saturated rings. The van der Waals surface area contributed by atoms with E-state index < -0.39 is 261 Å². The number of phenols is 19. The summed E-state index contributed by atoms with van der Waals surface area (Å²) in [5.41, 5.74) is -12.1. The quantitative estimate of drug-likeness (QED) is 0.0492. The van der Waals surface area contributed by atoms with Crippen molar-refractivity contribution in [2.24, 2.45) is 0 Å². The van der Waals surface area contributed by atoms with Gasteiger partial charge >= 0.3 is 41.8 Å². The molecule has 3 heterocycles. The van der Waals surface area contributed by atoms with Crippen molar-refractivity contribution >= 4 is 41.8 Å². The summed E-state index contributed by atoms with van der Waals surface area (Å²) in [5.74, 6) is -40.3. The molecule has 7 aromatic carbocycles. The van der Waals surface area contributed by atoms with Crippen molar-refractivity contribution in [3.8, 4) is 143 Å². The van der Waals surface area contributed by atoms with Crippen LogP contribution >= 0.6 is 0 Å². The molecular formula is C55H36O34. The van der Waals surface area contributed by atoms with Crippen molar-refractivity contribution in [1.29, 1.82) is 0 Å². The van der Waals surface area contributed by atoms with E-state index >= 15 is 0 Å². The topological polar surface area (TPSA) is 578 Å². The standard InChI is InChI=1S/C55H36O34/c56-19-1-12(2-20(57)34(19)64)48(75)83-27-5-13(3-21(58)35(27)65)49(76)84-28-6-14(4-22(59)36(28)66)50(77)89-55-47-46-45(86-52(79)16-8-24(61)39(69)43(73)32(16)33-18(54(81)88-47)10-26(63)40(70)44(33)74)29(85-55)11-82-51(78)15-7-23(60)37(67)41(71)30(15)31-17(53(80)87-46)9-25(62)38(68)42(31)72/h1-10,29,45-47,55-74H,11H2/t29-,45-,46+,47-,55+/m1/s1. The van der Waals surface area contributed by atoms with Crippen LogP contribution in [-0.2, 0) is 28.4 Å². The van der Waals surface area contributed by atoms with Crippen LogP contribution in [0.3, 0.4) is 0 Å². The van der Waals surface area contributed by atoms with E-state index in [1.54, 1.807) is 0 Å². The number of benzene rings is 7. The molecular weight excluding hydrogens is 1200 g/mol. The number of phenolic OH excluding ortho intramolecular Hbond substituents is 19. The van der Waals surface area contributed by atoms with Crippen molar-refractivity contribution < 1.29 is 168 Å². The second-order valence-corrected chi connectivity index (χ2v) is 19.0. The second-order valence-electron chi connectivity index (χ2n) is 19.0. The van der Waals surface area contributed by atoms with E-state index in [-0.39, 0.29) is 0 Å². The summed E-state index contributed by atoms with van der Waals surface area (Å²) in [6.45, 7) is -1.42. The number of hydrogen-bond acceptors (Lipinski definition) is 34. The second kappa shape index (κ2) is 21.6. The molecule has 34 nitrogen and oxygen atoms in total. The maximum absolute atomic E-state index is 14.9. The predicted molar refractivity (Wildman–Crippen MR) is 277 cm³/mol. The van der Waals surface area contributed by atoms with Crippen LogP contribution in [-0.4, -0.2) is 176 Å². The molecule has 3 aliphatic rings. The molecule has 0 aromatic heterocycles. The number of hydrogen-bond donors (Lipinski definition) is 19. The summed E-state index contributed by atoms with van der Waals surface area (Å²) < 4.78 is 44.3. The minimum Gasteiger partial charge on any atom is -0.504 e. The minimum absolute atomic E-state index is 0.309. The molecule has 460 valence electrons. The van der Waals surface area contributed by atoms with Gasteiger partial charge in [0.05, 0.1) is 38.9 Å². The average molecular weight is 1240 g/mol. The van der Waals surface area contributed by atoms with Gasteiger partial charge in [-0.2, -0.15) is 0 Å². The summed E-state index contributed by atoms with van der Waals surface area (Å²) in [6, 6.07) is 4.55. The predicted octanol–water partition coefficient (Wildman–Crippen LogP) is 2.91. The maximum atomic E-state index is 14.9. The third kappa shape index (κ3) is 9.99. The summed E-state index contributed by atoms with van der Waals surface area (Å²) >= 11 is 0. The molecule has 34 heteroatoms. The number of aromatic hydroxyl groups is 19. The van der Waals surface area contributed by atoms with Gasteiger partial charge in [-0.1, -0.05) is 0 Å². The van der Waals surface area contributed by atoms with Crippen molar-refractivity contribution in [3.05, 3.63) is 99.6 Å². The Morgan fingerprint density at radius 1 is 0.337 bits per heavy atom. The zero-order valence-corrected chi connectivity index (χ0v) is 43.5. The fourth-order valence-electron chi connectivity index (χ4n) is 9.33. The van der Waals surface area contributed by atoms with Crippen LogP contribution in [0.2, 0.25) is 0 Å². The van der Waals surface area contributed by atoms with Gasteiger partial charge in [0.1, 0.15) is 12.7 Å². The summed E-state index contributed by atoms with van der Waals surface area (Å²) in [7, 11) is 0. The van der Waals surface area contributed by atoms with Crippen LogP contribution in [0.4, 0.5) is 0 Å². The number of rotatable bonds is 6. The first kappa shape index (κ1) is 59.2. The maximum Gasteiger partial charge on any atom is 0.343 e. The lowest BCUT2D eigenvalue weighted by Crippen LogP contribution is -2.63. The van der Waals surface area contributed by atoms with Gasteiger partial charge < -0.3 is 135 Å². The Morgan fingerprint density at radius 3 is 1.02 bits per heavy atom. The normalized spacial score (nSPS) is 17.8. The first-order valence-electron chi connectivity index (χ1n) is 24.5. The van der Waals surface area contributed by atoms with Crippen LogP contribution in [0.15, 0.2) is 60.7 Å². The lowest BCUT2D eigenvalue weighted by atomic mass is 9.91. The van der Waals surface area contributed by atoms with E-state index in [1.807, 2.05) is 0 Å². The molecule has 7 aromatic rings. The van der Waals surface area contributed by atoms with Gasteiger partial charge in [0.15, 0.2) is 98.5 Å². The zero-order valence-electron chi connectivity index (χ0n) is 43.5. The third-order valence-electron chi connectivity index (χ3n) is 13.6. The van der Waals surface area contributed by atoms with Gasteiger partial charge in [-0.15, -0.1) is 0 Å². The number of cyclic esters (lactones) is 1. The van der Waals surface area contributed by atoms with Gasteiger partial charge in [0.25, 0.3) is 0 Å². The van der Waals surface area contributed by atoms with Crippen molar-refractivity contribution in [2.45, 2.75) is 30.7 Å². The lowest BCUT2D eigenvalue weighted by Gasteiger charge is -2.44. The molecule has 4 bridgehead atoms. The van der Waals surface area contributed by atoms with Gasteiger partial charge in [-0.25, -0.2) is 33.6 Å². The number of esters is 7. The molecule has 19 N–H and O–H groups in total. The van der Waals surface area contributed by atoms with Gasteiger partial charge in [0, 0.05) is 22.3 Å². The van der Waals surface area contributed by atoms with Crippen LogP contribution in [0.1, 0.15) is 72.5 Å². The number of ether oxygens (including phenoxy) is 8. The Morgan fingerprint density at radius 2 is 0.640 bits per heavy atom. The Labute approximate surface area is 489 Å². The molecule has 0 aliphatic carbocycles. The molecule has 0 saturated carbocycles. The summed E-state index contributed by atoms with van der Waals surface area (Å²) in [5, 5.41) is 203. The Hall–Kier alpha value is -13.0. The highest BCUT2D eigenvalue weighted by Crippen LogP contribution is 2.56. The third-order valence-corrected chi connectivity index (χ3v) is 13.6. The van der Waals surface area contributed by atoms with E-state index in [0.29, 0.717) is 60.7 Å². The minimum atomic E-state index is -2.77. The van der Waals surface area contributed by atoms with Gasteiger partial charge in [0.2, 0.25) is 46.9 Å². The average Bonchev–Trinajstić information content (AvgIpc) is 2.05. The van der Waals surface area contributed by atoms with E-state index in [0.717, 1.165) is 0 Å². The molecule has 0 amide bonds. The van der Waals surface area contributed by atoms with Crippen LogP contribution in [0.5, 0.6) is 121 Å². The fraction of sp³-hybridized carbons (Fsp3) is 0.109. The Bertz CT molecular complexity index is 4290. The molecule has 10 rings (SSSR count). The Balaban J connectivity index is 1.09. The fourth-order valence-corrected chi connectivity index (χ4v) is 9.33. The first-order valence-corrected chi connectivity index (χ1v) is 24.5. The first-order chi connectivity index (χ1) is 41.9. The monoisotopic (exact) mass is 1240 g/mol. The highest BCUT2D eigenvalue weighted by Gasteiger charge is 2.56. The highest BCUT2D eigenvalue weighted by atomic mass is 16.7. The molecule has 0 unspecified atom stereocenters.